The Bertz CT molecular complexity index is 370. The van der Waals surface area contributed by atoms with Gasteiger partial charge in [0, 0.05) is 12.2 Å². The van der Waals surface area contributed by atoms with Crippen molar-refractivity contribution in [3.8, 4) is 0 Å². The molecule has 0 amide bonds. The minimum absolute atomic E-state index is 0.0384. The van der Waals surface area contributed by atoms with Crippen LogP contribution >= 0.6 is 0 Å². The Balaban J connectivity index is 4.14. The molecule has 0 N–H and O–H groups in total. The lowest BCUT2D eigenvalue weighted by Gasteiger charge is -2.23. The van der Waals surface area contributed by atoms with Crippen LogP contribution in [0.1, 0.15) is 80.1 Å². The van der Waals surface area contributed by atoms with Gasteiger partial charge in [-0.2, -0.15) is 0 Å². The lowest BCUT2D eigenvalue weighted by molar-refractivity contribution is -0.143. The molecule has 0 saturated heterocycles. The fourth-order valence-electron chi connectivity index (χ4n) is 2.22. The molecule has 0 atom stereocenters. The third kappa shape index (κ3) is 12.1. The lowest BCUT2D eigenvalue weighted by Crippen LogP contribution is -2.22. The normalized spacial score (nSPS) is 12.4. The third-order valence-corrected chi connectivity index (χ3v) is 3.98. The third-order valence-electron chi connectivity index (χ3n) is 3.98. The Morgan fingerprint density at radius 2 is 1.08 bits per heavy atom. The van der Waals surface area contributed by atoms with Crippen LogP contribution in [0.3, 0.4) is 0 Å². The molecule has 4 heteroatoms. The Morgan fingerprint density at radius 3 is 1.38 bits per heavy atom. The van der Waals surface area contributed by atoms with Crippen LogP contribution in [0.4, 0.5) is 0 Å². The average molecular weight is 341 g/mol. The first kappa shape index (κ1) is 22.7. The molecule has 4 nitrogen and oxygen atoms in total. The van der Waals surface area contributed by atoms with Gasteiger partial charge < -0.3 is 9.47 Å². The fraction of sp³-hybridized carbons (Fsp3) is 0.800. The van der Waals surface area contributed by atoms with E-state index in [9.17, 15) is 9.59 Å². The SMILES string of the molecule is CCCCC(C)(C)COC(=O)C=CC(=O)OCC(C)(C)CCCC. The van der Waals surface area contributed by atoms with Crippen LogP contribution in [0.2, 0.25) is 0 Å². The van der Waals surface area contributed by atoms with Crippen molar-refractivity contribution in [2.45, 2.75) is 80.1 Å². The van der Waals surface area contributed by atoms with E-state index in [1.165, 1.54) is 0 Å². The predicted molar refractivity (Wildman–Crippen MR) is 97.7 cm³/mol. The van der Waals surface area contributed by atoms with Crippen LogP contribution in [0.5, 0.6) is 0 Å². The second-order valence-corrected chi connectivity index (χ2v) is 8.08. The molecule has 140 valence electrons. The molecule has 24 heavy (non-hydrogen) atoms. The summed E-state index contributed by atoms with van der Waals surface area (Å²) >= 11 is 0. The average Bonchev–Trinajstić information content (AvgIpc) is 2.53. The number of esters is 2. The molecule has 0 aromatic rings. The molecule has 0 spiro atoms. The van der Waals surface area contributed by atoms with Gasteiger partial charge in [-0.15, -0.1) is 0 Å². The second-order valence-electron chi connectivity index (χ2n) is 8.08. The maximum atomic E-state index is 11.7. The zero-order valence-corrected chi connectivity index (χ0v) is 16.4. The standard InChI is InChI=1S/C20H36O4/c1-7-9-13-19(3,4)15-23-17(21)11-12-18(22)24-16-20(5,6)14-10-8-2/h11-12H,7-10,13-16H2,1-6H3. The number of hydrogen-bond donors (Lipinski definition) is 0. The summed E-state index contributed by atoms with van der Waals surface area (Å²) in [7, 11) is 0. The Hall–Kier alpha value is -1.32. The molecular formula is C20H36O4. The minimum Gasteiger partial charge on any atom is -0.462 e. The first-order valence-corrected chi connectivity index (χ1v) is 9.13. The van der Waals surface area contributed by atoms with Gasteiger partial charge in [-0.1, -0.05) is 67.2 Å². The topological polar surface area (TPSA) is 52.6 Å². The highest BCUT2D eigenvalue weighted by molar-refractivity contribution is 5.91. The molecule has 0 unspecified atom stereocenters. The van der Waals surface area contributed by atoms with Crippen molar-refractivity contribution in [2.24, 2.45) is 10.8 Å². The quantitative estimate of drug-likeness (QED) is 0.368. The van der Waals surface area contributed by atoms with Gasteiger partial charge in [-0.25, -0.2) is 9.59 Å². The fourth-order valence-corrected chi connectivity index (χ4v) is 2.22. The Labute approximate surface area is 148 Å². The van der Waals surface area contributed by atoms with E-state index in [0.717, 1.165) is 50.7 Å². The van der Waals surface area contributed by atoms with E-state index in [4.69, 9.17) is 9.47 Å². The van der Waals surface area contributed by atoms with E-state index in [-0.39, 0.29) is 10.8 Å². The summed E-state index contributed by atoms with van der Waals surface area (Å²) in [6.07, 6.45) is 8.79. The number of unbranched alkanes of at least 4 members (excludes halogenated alkanes) is 2. The number of rotatable bonds is 12. The van der Waals surface area contributed by atoms with E-state index in [0.29, 0.717) is 13.2 Å². The van der Waals surface area contributed by atoms with Crippen LogP contribution < -0.4 is 0 Å². The first-order valence-electron chi connectivity index (χ1n) is 9.13. The summed E-state index contributed by atoms with van der Waals surface area (Å²) in [6, 6.07) is 0. The number of hydrogen-bond acceptors (Lipinski definition) is 4. The first-order chi connectivity index (χ1) is 11.1. The van der Waals surface area contributed by atoms with E-state index < -0.39 is 11.9 Å². The Morgan fingerprint density at radius 1 is 0.750 bits per heavy atom. The smallest absolute Gasteiger partial charge is 0.331 e. The highest BCUT2D eigenvalue weighted by atomic mass is 16.5. The van der Waals surface area contributed by atoms with Crippen molar-refractivity contribution in [1.82, 2.24) is 0 Å². The van der Waals surface area contributed by atoms with Crippen molar-refractivity contribution < 1.29 is 19.1 Å². The summed E-state index contributed by atoms with van der Waals surface area (Å²) in [5.41, 5.74) is -0.0767. The molecule has 0 fully saturated rings. The van der Waals surface area contributed by atoms with Gasteiger partial charge in [0.1, 0.15) is 0 Å². The van der Waals surface area contributed by atoms with Crippen LogP contribution in [-0.2, 0) is 19.1 Å². The molecule has 0 heterocycles. The molecule has 0 rings (SSSR count). The van der Waals surface area contributed by atoms with Crippen LogP contribution in [-0.4, -0.2) is 25.2 Å². The molecule has 0 aromatic carbocycles. The number of carbonyl (C=O) groups excluding carboxylic acids is 2. The molecule has 0 aromatic heterocycles. The van der Waals surface area contributed by atoms with E-state index in [2.05, 4.69) is 41.5 Å². The predicted octanol–water partition coefficient (Wildman–Crippen LogP) is 5.06. The summed E-state index contributed by atoms with van der Waals surface area (Å²) in [5, 5.41) is 0. The summed E-state index contributed by atoms with van der Waals surface area (Å²) in [5.74, 6) is -0.997. The maximum Gasteiger partial charge on any atom is 0.331 e. The number of carbonyl (C=O) groups is 2. The largest absolute Gasteiger partial charge is 0.462 e. The van der Waals surface area contributed by atoms with Gasteiger partial charge in [0.05, 0.1) is 13.2 Å². The van der Waals surface area contributed by atoms with Crippen molar-refractivity contribution in [3.63, 3.8) is 0 Å². The number of ether oxygens (including phenoxy) is 2. The van der Waals surface area contributed by atoms with Crippen molar-refractivity contribution >= 4 is 11.9 Å². The van der Waals surface area contributed by atoms with Crippen LogP contribution in [0.25, 0.3) is 0 Å². The van der Waals surface area contributed by atoms with E-state index in [1.54, 1.807) is 0 Å². The molecule has 0 bridgehead atoms. The molecule has 0 aliphatic rings. The summed E-state index contributed by atoms with van der Waals surface area (Å²) in [6.45, 7) is 13.3. The Kier molecular flexibility index (Phi) is 10.7. The molecule has 0 aliphatic heterocycles. The van der Waals surface area contributed by atoms with Gasteiger partial charge in [0.2, 0.25) is 0 Å². The van der Waals surface area contributed by atoms with Crippen LogP contribution in [0, 0.1) is 10.8 Å². The minimum atomic E-state index is -0.498. The monoisotopic (exact) mass is 340 g/mol. The van der Waals surface area contributed by atoms with Gasteiger partial charge in [-0.3, -0.25) is 0 Å². The summed E-state index contributed by atoms with van der Waals surface area (Å²) < 4.78 is 10.4. The van der Waals surface area contributed by atoms with Gasteiger partial charge in [-0.05, 0) is 23.7 Å². The van der Waals surface area contributed by atoms with E-state index >= 15 is 0 Å². The molecule has 0 saturated carbocycles. The highest BCUT2D eigenvalue weighted by Crippen LogP contribution is 2.24. The van der Waals surface area contributed by atoms with Gasteiger partial charge >= 0.3 is 11.9 Å². The van der Waals surface area contributed by atoms with Gasteiger partial charge in [0.15, 0.2) is 0 Å². The molecule has 0 aliphatic carbocycles. The lowest BCUT2D eigenvalue weighted by atomic mass is 9.88. The van der Waals surface area contributed by atoms with Crippen molar-refractivity contribution in [1.29, 1.82) is 0 Å². The maximum absolute atomic E-state index is 11.7. The second kappa shape index (κ2) is 11.3. The molecule has 0 radical (unpaired) electrons. The highest BCUT2D eigenvalue weighted by Gasteiger charge is 2.20. The van der Waals surface area contributed by atoms with Crippen molar-refractivity contribution in [3.05, 3.63) is 12.2 Å². The summed E-state index contributed by atoms with van der Waals surface area (Å²) in [4.78, 5) is 23.4. The van der Waals surface area contributed by atoms with E-state index in [1.807, 2.05) is 0 Å². The molecular weight excluding hydrogens is 304 g/mol. The van der Waals surface area contributed by atoms with Crippen LogP contribution in [0.15, 0.2) is 12.2 Å². The van der Waals surface area contributed by atoms with Gasteiger partial charge in [0.25, 0.3) is 0 Å². The zero-order valence-electron chi connectivity index (χ0n) is 16.4. The zero-order chi connectivity index (χ0) is 18.6. The van der Waals surface area contributed by atoms with Crippen molar-refractivity contribution in [2.75, 3.05) is 13.2 Å².